The average molecular weight is 333 g/mol. The first kappa shape index (κ1) is 17.5. The molecule has 1 aliphatic carbocycles. The fraction of sp³-hybridized carbons (Fsp3) is 0.737. The van der Waals surface area contributed by atoms with Crippen LogP contribution in [0.1, 0.15) is 51.4 Å². The maximum atomic E-state index is 12.1. The summed E-state index contributed by atoms with van der Waals surface area (Å²) in [5.74, 6) is 0.179. The summed E-state index contributed by atoms with van der Waals surface area (Å²) in [7, 11) is 0. The topological polar surface area (TPSA) is 57.5 Å². The number of carbonyl (C=O) groups is 1. The second kappa shape index (κ2) is 8.67. The second-order valence-corrected chi connectivity index (χ2v) is 7.32. The van der Waals surface area contributed by atoms with Gasteiger partial charge in [0.25, 0.3) is 0 Å². The van der Waals surface area contributed by atoms with Gasteiger partial charge in [0.1, 0.15) is 0 Å². The summed E-state index contributed by atoms with van der Waals surface area (Å²) in [4.78, 5) is 14.5. The Hall–Kier alpha value is -1.33. The van der Waals surface area contributed by atoms with E-state index in [9.17, 15) is 9.90 Å². The fourth-order valence-electron chi connectivity index (χ4n) is 4.13. The lowest BCUT2D eigenvalue weighted by molar-refractivity contribution is -0.122. The number of hydrogen-bond donors (Lipinski definition) is 2. The van der Waals surface area contributed by atoms with Gasteiger partial charge in [-0.25, -0.2) is 0 Å². The zero-order chi connectivity index (χ0) is 16.8. The molecule has 1 aromatic rings. The van der Waals surface area contributed by atoms with E-state index in [1.807, 2.05) is 24.5 Å². The normalized spacial score (nSPS) is 26.4. The first-order valence-corrected chi connectivity index (χ1v) is 9.54. The smallest absolute Gasteiger partial charge is 0.220 e. The highest BCUT2D eigenvalue weighted by Gasteiger charge is 2.31. The second-order valence-electron chi connectivity index (χ2n) is 7.32. The first-order valence-electron chi connectivity index (χ1n) is 9.54. The van der Waals surface area contributed by atoms with Crippen LogP contribution in [0.2, 0.25) is 0 Å². The molecule has 3 rings (SSSR count). The van der Waals surface area contributed by atoms with Crippen LogP contribution >= 0.6 is 0 Å². The van der Waals surface area contributed by atoms with Gasteiger partial charge in [-0.3, -0.25) is 9.69 Å². The summed E-state index contributed by atoms with van der Waals surface area (Å²) in [6.45, 7) is 2.89. The number of aryl methyl sites for hydroxylation is 1. The summed E-state index contributed by atoms with van der Waals surface area (Å²) < 4.78 is 2.11. The van der Waals surface area contributed by atoms with Crippen molar-refractivity contribution in [2.24, 2.45) is 0 Å². The first-order chi connectivity index (χ1) is 11.7. The minimum atomic E-state index is -0.154. The van der Waals surface area contributed by atoms with Crippen molar-refractivity contribution in [3.8, 4) is 0 Å². The van der Waals surface area contributed by atoms with Crippen molar-refractivity contribution in [1.29, 1.82) is 0 Å². The Bertz CT molecular complexity index is 495. The average Bonchev–Trinajstić information content (AvgIpc) is 3.10. The third-order valence-electron chi connectivity index (χ3n) is 5.54. The van der Waals surface area contributed by atoms with Crippen LogP contribution in [0.15, 0.2) is 24.5 Å². The molecule has 2 aliphatic rings. The molecular formula is C19H31N3O2. The van der Waals surface area contributed by atoms with Gasteiger partial charge in [0.05, 0.1) is 6.10 Å². The van der Waals surface area contributed by atoms with Crippen LogP contribution in [0.3, 0.4) is 0 Å². The van der Waals surface area contributed by atoms with E-state index >= 15 is 0 Å². The van der Waals surface area contributed by atoms with E-state index in [-0.39, 0.29) is 12.0 Å². The highest BCUT2D eigenvalue weighted by Crippen LogP contribution is 2.25. The van der Waals surface area contributed by atoms with E-state index < -0.39 is 0 Å². The highest BCUT2D eigenvalue weighted by atomic mass is 16.3. The van der Waals surface area contributed by atoms with Crippen molar-refractivity contribution < 1.29 is 9.90 Å². The summed E-state index contributed by atoms with van der Waals surface area (Å²) in [6.07, 6.45) is 11.9. The van der Waals surface area contributed by atoms with Gasteiger partial charge in [-0.2, -0.15) is 0 Å². The van der Waals surface area contributed by atoms with Gasteiger partial charge in [0.15, 0.2) is 0 Å². The SMILES string of the molecule is O=C(CCCn1cccc1)NC1CCN(C2CCCCC2O)CC1. The minimum absolute atomic E-state index is 0.154. The third-order valence-corrected chi connectivity index (χ3v) is 5.54. The van der Waals surface area contributed by atoms with Gasteiger partial charge in [-0.1, -0.05) is 12.8 Å². The number of carbonyl (C=O) groups excluding carboxylic acids is 1. The Kier molecular flexibility index (Phi) is 6.32. The van der Waals surface area contributed by atoms with Crippen LogP contribution in [0.25, 0.3) is 0 Å². The van der Waals surface area contributed by atoms with E-state index in [1.165, 1.54) is 6.42 Å². The molecule has 2 atom stereocenters. The quantitative estimate of drug-likeness (QED) is 0.839. The molecule has 2 fully saturated rings. The zero-order valence-electron chi connectivity index (χ0n) is 14.6. The van der Waals surface area contributed by atoms with E-state index in [1.54, 1.807) is 0 Å². The molecule has 2 heterocycles. The Morgan fingerprint density at radius 3 is 2.50 bits per heavy atom. The fourth-order valence-corrected chi connectivity index (χ4v) is 4.13. The Morgan fingerprint density at radius 2 is 1.79 bits per heavy atom. The van der Waals surface area contributed by atoms with Crippen LogP contribution < -0.4 is 5.32 Å². The molecule has 1 aliphatic heterocycles. The van der Waals surface area contributed by atoms with Gasteiger partial charge in [0.2, 0.25) is 5.91 Å². The number of rotatable bonds is 6. The van der Waals surface area contributed by atoms with E-state index in [0.717, 1.165) is 58.2 Å². The van der Waals surface area contributed by atoms with Gasteiger partial charge in [-0.15, -0.1) is 0 Å². The number of piperidine rings is 1. The molecule has 1 amide bonds. The van der Waals surface area contributed by atoms with Crippen molar-refractivity contribution in [2.75, 3.05) is 13.1 Å². The molecule has 0 radical (unpaired) electrons. The summed E-state index contributed by atoms with van der Waals surface area (Å²) in [5, 5.41) is 13.4. The van der Waals surface area contributed by atoms with Crippen molar-refractivity contribution in [3.63, 3.8) is 0 Å². The summed E-state index contributed by atoms with van der Waals surface area (Å²) in [5.41, 5.74) is 0. The number of nitrogens with zero attached hydrogens (tertiary/aromatic N) is 2. The Balaban J connectivity index is 1.33. The van der Waals surface area contributed by atoms with Crippen LogP contribution in [0.5, 0.6) is 0 Å². The molecule has 2 N–H and O–H groups in total. The number of aromatic nitrogens is 1. The molecule has 0 bridgehead atoms. The van der Waals surface area contributed by atoms with E-state index in [4.69, 9.17) is 0 Å². The Labute approximate surface area is 145 Å². The third kappa shape index (κ3) is 4.84. The lowest BCUT2D eigenvalue weighted by atomic mass is 9.89. The molecule has 0 aromatic carbocycles. The van der Waals surface area contributed by atoms with Crippen molar-refractivity contribution >= 4 is 5.91 Å². The number of nitrogens with one attached hydrogen (secondary N) is 1. The van der Waals surface area contributed by atoms with Crippen LogP contribution in [0, 0.1) is 0 Å². The van der Waals surface area contributed by atoms with Crippen LogP contribution in [-0.2, 0) is 11.3 Å². The number of aliphatic hydroxyl groups excluding tert-OH is 1. The maximum Gasteiger partial charge on any atom is 0.220 e. The zero-order valence-corrected chi connectivity index (χ0v) is 14.6. The molecule has 2 unspecified atom stereocenters. The highest BCUT2D eigenvalue weighted by molar-refractivity contribution is 5.76. The molecule has 0 spiro atoms. The van der Waals surface area contributed by atoms with Crippen LogP contribution in [-0.4, -0.2) is 51.8 Å². The van der Waals surface area contributed by atoms with Gasteiger partial charge >= 0.3 is 0 Å². The van der Waals surface area contributed by atoms with Gasteiger partial charge < -0.3 is 15.0 Å². The molecule has 1 saturated heterocycles. The minimum Gasteiger partial charge on any atom is -0.391 e. The number of amides is 1. The molecule has 1 aromatic heterocycles. The number of likely N-dealkylation sites (tertiary alicyclic amines) is 1. The van der Waals surface area contributed by atoms with Gasteiger partial charge in [0, 0.05) is 50.5 Å². The lowest BCUT2D eigenvalue weighted by Gasteiger charge is -2.41. The summed E-state index contributed by atoms with van der Waals surface area (Å²) in [6, 6.07) is 4.67. The maximum absolute atomic E-state index is 12.1. The molecule has 5 nitrogen and oxygen atoms in total. The van der Waals surface area contributed by atoms with Gasteiger partial charge in [-0.05, 0) is 44.2 Å². The largest absolute Gasteiger partial charge is 0.391 e. The van der Waals surface area contributed by atoms with E-state index in [2.05, 4.69) is 14.8 Å². The summed E-state index contributed by atoms with van der Waals surface area (Å²) >= 11 is 0. The number of aliphatic hydroxyl groups is 1. The lowest BCUT2D eigenvalue weighted by Crippen LogP contribution is -2.52. The molecular weight excluding hydrogens is 302 g/mol. The molecule has 134 valence electrons. The molecule has 5 heteroatoms. The van der Waals surface area contributed by atoms with E-state index in [0.29, 0.717) is 18.5 Å². The van der Waals surface area contributed by atoms with Crippen molar-refractivity contribution in [3.05, 3.63) is 24.5 Å². The van der Waals surface area contributed by atoms with Crippen molar-refractivity contribution in [2.45, 2.75) is 76.1 Å². The molecule has 24 heavy (non-hydrogen) atoms. The molecule has 1 saturated carbocycles. The van der Waals surface area contributed by atoms with Crippen LogP contribution in [0.4, 0.5) is 0 Å². The monoisotopic (exact) mass is 333 g/mol. The van der Waals surface area contributed by atoms with Crippen molar-refractivity contribution in [1.82, 2.24) is 14.8 Å². The predicted molar refractivity (Wildman–Crippen MR) is 94.7 cm³/mol. The predicted octanol–water partition coefficient (Wildman–Crippen LogP) is 2.15. The Morgan fingerprint density at radius 1 is 1.08 bits per heavy atom. The number of hydrogen-bond acceptors (Lipinski definition) is 3. The standard InChI is InChI=1S/C19H31N3O2/c23-18-7-2-1-6-17(18)22-14-9-16(10-15-22)20-19(24)8-5-13-21-11-3-4-12-21/h3-4,11-12,16-18,23H,1-2,5-10,13-15H2,(H,20,24).